The van der Waals surface area contributed by atoms with Gasteiger partial charge in [0.1, 0.15) is 11.6 Å². The number of nitrogens with zero attached hydrogens (tertiary/aromatic N) is 3. The zero-order chi connectivity index (χ0) is 13.0. The minimum atomic E-state index is 0.650. The first-order valence-electron chi connectivity index (χ1n) is 5.76. The van der Waals surface area contributed by atoms with E-state index in [0.29, 0.717) is 12.4 Å². The van der Waals surface area contributed by atoms with E-state index >= 15 is 0 Å². The van der Waals surface area contributed by atoms with Crippen LogP contribution in [0.1, 0.15) is 11.4 Å². The Bertz CT molecular complexity index is 526. The van der Waals surface area contributed by atoms with Crippen LogP contribution in [0.4, 0.5) is 11.6 Å². The largest absolute Gasteiger partial charge is 0.354 e. The molecule has 0 fully saturated rings. The maximum absolute atomic E-state index is 5.35. The third-order valence-electron chi connectivity index (χ3n) is 2.62. The number of aromatic nitrogens is 2. The Balaban J connectivity index is 2.13. The van der Waals surface area contributed by atoms with Crippen molar-refractivity contribution >= 4 is 11.6 Å². The molecule has 0 saturated carbocycles. The monoisotopic (exact) mass is 243 g/mol. The predicted molar refractivity (Wildman–Crippen MR) is 73.1 cm³/mol. The van der Waals surface area contributed by atoms with Gasteiger partial charge in [-0.15, -0.1) is 0 Å². The van der Waals surface area contributed by atoms with E-state index < -0.39 is 0 Å². The van der Waals surface area contributed by atoms with Crippen LogP contribution in [0.2, 0.25) is 0 Å². The van der Waals surface area contributed by atoms with Gasteiger partial charge in [-0.2, -0.15) is 0 Å². The summed E-state index contributed by atoms with van der Waals surface area (Å²) in [5, 5.41) is 0. The molecule has 0 bridgehead atoms. The van der Waals surface area contributed by atoms with Crippen molar-refractivity contribution in [2.75, 3.05) is 17.4 Å². The van der Waals surface area contributed by atoms with Crippen molar-refractivity contribution in [2.24, 2.45) is 5.84 Å². The van der Waals surface area contributed by atoms with E-state index in [4.69, 9.17) is 5.84 Å². The summed E-state index contributed by atoms with van der Waals surface area (Å²) in [5.41, 5.74) is 4.58. The molecule has 5 heteroatoms. The third kappa shape index (κ3) is 2.95. The minimum Gasteiger partial charge on any atom is -0.354 e. The van der Waals surface area contributed by atoms with E-state index in [1.165, 1.54) is 0 Å². The van der Waals surface area contributed by atoms with Gasteiger partial charge < -0.3 is 10.3 Å². The average molecular weight is 243 g/mol. The number of rotatable bonds is 4. The van der Waals surface area contributed by atoms with E-state index in [1.807, 2.05) is 55.3 Å². The summed E-state index contributed by atoms with van der Waals surface area (Å²) in [7, 11) is 1.98. The Morgan fingerprint density at radius 1 is 1.17 bits per heavy atom. The van der Waals surface area contributed by atoms with Crippen molar-refractivity contribution in [2.45, 2.75) is 13.5 Å². The second kappa shape index (κ2) is 5.46. The second-order valence-corrected chi connectivity index (χ2v) is 4.15. The first-order valence-corrected chi connectivity index (χ1v) is 5.76. The lowest BCUT2D eigenvalue weighted by Crippen LogP contribution is -2.19. The van der Waals surface area contributed by atoms with Gasteiger partial charge >= 0.3 is 0 Å². The molecule has 94 valence electrons. The molecule has 0 unspecified atom stereocenters. The van der Waals surface area contributed by atoms with Crippen LogP contribution in [-0.4, -0.2) is 17.0 Å². The first-order chi connectivity index (χ1) is 8.69. The molecular formula is C13H17N5. The fraction of sp³-hybridized carbons (Fsp3) is 0.231. The van der Waals surface area contributed by atoms with Crippen LogP contribution < -0.4 is 16.2 Å². The summed E-state index contributed by atoms with van der Waals surface area (Å²) in [4.78, 5) is 10.9. The highest BCUT2D eigenvalue weighted by molar-refractivity contribution is 5.46. The van der Waals surface area contributed by atoms with E-state index in [2.05, 4.69) is 15.4 Å². The van der Waals surface area contributed by atoms with Gasteiger partial charge in [0.25, 0.3) is 0 Å². The molecular weight excluding hydrogens is 226 g/mol. The Hall–Kier alpha value is -2.14. The van der Waals surface area contributed by atoms with Crippen LogP contribution in [0.3, 0.4) is 0 Å². The number of nitrogen functional groups attached to an aromatic ring is 1. The SMILES string of the molecule is Cc1cccc(CN(C)c2cccc(NN)n2)n1. The standard InChI is InChI=1S/C13H17N5/c1-10-5-3-6-11(15-10)9-18(2)13-8-4-7-12(16-13)17-14/h3-8H,9,14H2,1-2H3,(H,16,17). The molecule has 0 radical (unpaired) electrons. The first kappa shape index (κ1) is 12.3. The number of nitrogens with one attached hydrogen (secondary N) is 1. The highest BCUT2D eigenvalue weighted by Crippen LogP contribution is 2.14. The molecule has 0 aliphatic rings. The Morgan fingerprint density at radius 3 is 2.67 bits per heavy atom. The van der Waals surface area contributed by atoms with Gasteiger partial charge in [-0.25, -0.2) is 10.8 Å². The molecule has 0 aliphatic heterocycles. The summed E-state index contributed by atoms with van der Waals surface area (Å²) in [5.74, 6) is 6.85. The minimum absolute atomic E-state index is 0.650. The third-order valence-corrected chi connectivity index (χ3v) is 2.62. The molecule has 3 N–H and O–H groups in total. The van der Waals surface area contributed by atoms with E-state index in [1.54, 1.807) is 0 Å². The fourth-order valence-corrected chi connectivity index (χ4v) is 1.73. The number of hydrogen-bond acceptors (Lipinski definition) is 5. The normalized spacial score (nSPS) is 10.2. The highest BCUT2D eigenvalue weighted by atomic mass is 15.3. The topological polar surface area (TPSA) is 67.1 Å². The molecule has 0 amide bonds. The quantitative estimate of drug-likeness (QED) is 0.632. The van der Waals surface area contributed by atoms with Crippen molar-refractivity contribution in [1.82, 2.24) is 9.97 Å². The van der Waals surface area contributed by atoms with Gasteiger partial charge in [0, 0.05) is 12.7 Å². The van der Waals surface area contributed by atoms with Crippen molar-refractivity contribution < 1.29 is 0 Å². The molecule has 2 rings (SSSR count). The van der Waals surface area contributed by atoms with Gasteiger partial charge in [-0.05, 0) is 31.2 Å². The lowest BCUT2D eigenvalue weighted by molar-refractivity contribution is 0.859. The van der Waals surface area contributed by atoms with Crippen molar-refractivity contribution in [3.63, 3.8) is 0 Å². The lowest BCUT2D eigenvalue weighted by atomic mass is 10.3. The summed E-state index contributed by atoms with van der Waals surface area (Å²) in [6, 6.07) is 11.7. The Labute approximate surface area is 107 Å². The molecule has 2 heterocycles. The maximum Gasteiger partial charge on any atom is 0.142 e. The van der Waals surface area contributed by atoms with Crippen molar-refractivity contribution in [1.29, 1.82) is 0 Å². The zero-order valence-electron chi connectivity index (χ0n) is 10.6. The number of hydrazine groups is 1. The molecule has 18 heavy (non-hydrogen) atoms. The summed E-state index contributed by atoms with van der Waals surface area (Å²) in [6.45, 7) is 2.70. The number of aryl methyl sites for hydroxylation is 1. The van der Waals surface area contributed by atoms with E-state index in [0.717, 1.165) is 17.2 Å². The Morgan fingerprint density at radius 2 is 1.94 bits per heavy atom. The van der Waals surface area contributed by atoms with Crippen LogP contribution in [0.15, 0.2) is 36.4 Å². The summed E-state index contributed by atoms with van der Waals surface area (Å²) in [6.07, 6.45) is 0. The van der Waals surface area contributed by atoms with E-state index in [-0.39, 0.29) is 0 Å². The molecule has 2 aromatic heterocycles. The van der Waals surface area contributed by atoms with Gasteiger partial charge in [0.05, 0.1) is 12.2 Å². The fourth-order valence-electron chi connectivity index (χ4n) is 1.73. The van der Waals surface area contributed by atoms with Crippen LogP contribution >= 0.6 is 0 Å². The molecule has 0 atom stereocenters. The summed E-state index contributed by atoms with van der Waals surface area (Å²) >= 11 is 0. The summed E-state index contributed by atoms with van der Waals surface area (Å²) < 4.78 is 0. The molecule has 0 spiro atoms. The van der Waals surface area contributed by atoms with E-state index in [9.17, 15) is 0 Å². The predicted octanol–water partition coefficient (Wildman–Crippen LogP) is 1.71. The number of pyridine rings is 2. The van der Waals surface area contributed by atoms with Crippen LogP contribution in [0, 0.1) is 6.92 Å². The van der Waals surface area contributed by atoms with Gasteiger partial charge in [-0.1, -0.05) is 12.1 Å². The van der Waals surface area contributed by atoms with Crippen molar-refractivity contribution in [3.8, 4) is 0 Å². The van der Waals surface area contributed by atoms with Gasteiger partial charge in [-0.3, -0.25) is 4.98 Å². The zero-order valence-corrected chi connectivity index (χ0v) is 10.6. The molecule has 0 aliphatic carbocycles. The molecule has 0 saturated heterocycles. The van der Waals surface area contributed by atoms with Crippen LogP contribution in [0.5, 0.6) is 0 Å². The maximum atomic E-state index is 5.35. The Kier molecular flexibility index (Phi) is 3.74. The molecule has 0 aromatic carbocycles. The number of hydrogen-bond donors (Lipinski definition) is 2. The second-order valence-electron chi connectivity index (χ2n) is 4.15. The molecule has 2 aromatic rings. The van der Waals surface area contributed by atoms with Crippen LogP contribution in [0.25, 0.3) is 0 Å². The molecule has 5 nitrogen and oxygen atoms in total. The van der Waals surface area contributed by atoms with Crippen molar-refractivity contribution in [3.05, 3.63) is 47.8 Å². The van der Waals surface area contributed by atoms with Gasteiger partial charge in [0.2, 0.25) is 0 Å². The highest BCUT2D eigenvalue weighted by Gasteiger charge is 2.05. The number of nitrogens with two attached hydrogens (primary N) is 1. The van der Waals surface area contributed by atoms with Crippen LogP contribution in [-0.2, 0) is 6.54 Å². The van der Waals surface area contributed by atoms with Gasteiger partial charge in [0.15, 0.2) is 0 Å². The average Bonchev–Trinajstić information content (AvgIpc) is 2.39. The smallest absolute Gasteiger partial charge is 0.142 e. The lowest BCUT2D eigenvalue weighted by Gasteiger charge is -2.18. The number of anilines is 2.